The molecule has 0 unspecified atom stereocenters. The molecule has 0 amide bonds. The highest BCUT2D eigenvalue weighted by Crippen LogP contribution is 2.39. The number of carbonyl (C=O) groups excluding carboxylic acids is 1. The zero-order valence-electron chi connectivity index (χ0n) is 9.94. The summed E-state index contributed by atoms with van der Waals surface area (Å²) in [4.78, 5) is 22.7. The third-order valence-electron chi connectivity index (χ3n) is 3.69. The number of nitrogens with one attached hydrogen (secondary N) is 1. The highest BCUT2D eigenvalue weighted by molar-refractivity contribution is 6.01. The average Bonchev–Trinajstić information content (AvgIpc) is 2.39. The number of fused-ring (bicyclic) bond motifs is 1. The van der Waals surface area contributed by atoms with Crippen LogP contribution in [0.1, 0.15) is 29.6 Å². The van der Waals surface area contributed by atoms with E-state index in [-0.39, 0.29) is 17.1 Å². The first kappa shape index (κ1) is 11.3. The molecule has 2 heterocycles. The van der Waals surface area contributed by atoms with Crippen LogP contribution in [-0.4, -0.2) is 24.5 Å². The number of benzene rings is 1. The molecule has 1 spiro atoms. The van der Waals surface area contributed by atoms with Crippen molar-refractivity contribution in [3.8, 4) is 5.75 Å². The van der Waals surface area contributed by atoms with Gasteiger partial charge in [0.2, 0.25) is 0 Å². The van der Waals surface area contributed by atoms with Crippen LogP contribution >= 0.6 is 0 Å². The second-order valence-electron chi connectivity index (χ2n) is 4.91. The molecular formula is C13H14N2O3. The van der Waals surface area contributed by atoms with Crippen molar-refractivity contribution in [2.24, 2.45) is 5.18 Å². The number of ketones is 1. The van der Waals surface area contributed by atoms with Crippen LogP contribution in [0.2, 0.25) is 0 Å². The molecule has 2 aliphatic rings. The third kappa shape index (κ3) is 1.80. The van der Waals surface area contributed by atoms with Gasteiger partial charge in [-0.1, -0.05) is 0 Å². The first-order chi connectivity index (χ1) is 8.72. The van der Waals surface area contributed by atoms with Gasteiger partial charge in [0.05, 0.1) is 12.0 Å². The molecule has 0 aliphatic carbocycles. The van der Waals surface area contributed by atoms with Crippen LogP contribution in [0.3, 0.4) is 0 Å². The second-order valence-corrected chi connectivity index (χ2v) is 4.91. The number of hydrogen-bond acceptors (Lipinski definition) is 5. The Kier molecular flexibility index (Phi) is 2.63. The number of nitrogens with zero attached hydrogens (tertiary/aromatic N) is 1. The monoisotopic (exact) mass is 246 g/mol. The van der Waals surface area contributed by atoms with Crippen LogP contribution in [0.15, 0.2) is 23.4 Å². The van der Waals surface area contributed by atoms with E-state index in [1.165, 1.54) is 6.07 Å². The maximum absolute atomic E-state index is 12.2. The lowest BCUT2D eigenvalue weighted by atomic mass is 9.83. The Morgan fingerprint density at radius 1 is 1.28 bits per heavy atom. The standard InChI is InChI=1S/C13H14N2O3/c16-11-8-13(3-5-14-6-4-13)18-12-2-1-9(15-17)7-10(11)12/h1-2,7,14H,3-6,8H2. The van der Waals surface area contributed by atoms with E-state index >= 15 is 0 Å². The number of Topliss-reactive ketones (excluding diaryl/α,β-unsaturated/α-hetero) is 1. The van der Waals surface area contributed by atoms with Crippen molar-refractivity contribution in [2.75, 3.05) is 13.1 Å². The Hall–Kier alpha value is -1.75. The fourth-order valence-electron chi connectivity index (χ4n) is 2.70. The molecule has 1 aromatic rings. The molecule has 1 aromatic carbocycles. The van der Waals surface area contributed by atoms with E-state index in [0.29, 0.717) is 17.7 Å². The van der Waals surface area contributed by atoms with Gasteiger partial charge in [0, 0.05) is 12.8 Å². The zero-order valence-corrected chi connectivity index (χ0v) is 9.94. The van der Waals surface area contributed by atoms with Gasteiger partial charge < -0.3 is 10.1 Å². The van der Waals surface area contributed by atoms with Crippen LogP contribution in [0.25, 0.3) is 0 Å². The number of rotatable bonds is 1. The van der Waals surface area contributed by atoms with Crippen LogP contribution in [0.5, 0.6) is 5.75 Å². The first-order valence-electron chi connectivity index (χ1n) is 6.13. The van der Waals surface area contributed by atoms with Gasteiger partial charge in [0.25, 0.3) is 0 Å². The van der Waals surface area contributed by atoms with Gasteiger partial charge in [-0.2, -0.15) is 0 Å². The molecule has 1 fully saturated rings. The molecule has 5 heteroatoms. The van der Waals surface area contributed by atoms with E-state index in [1.807, 2.05) is 0 Å². The lowest BCUT2D eigenvalue weighted by Gasteiger charge is -2.40. The molecule has 5 nitrogen and oxygen atoms in total. The number of hydrogen-bond donors (Lipinski definition) is 1. The molecular weight excluding hydrogens is 232 g/mol. The Morgan fingerprint density at radius 3 is 2.78 bits per heavy atom. The molecule has 0 atom stereocenters. The van der Waals surface area contributed by atoms with E-state index in [4.69, 9.17) is 4.74 Å². The summed E-state index contributed by atoms with van der Waals surface area (Å²) in [6, 6.07) is 4.77. The minimum Gasteiger partial charge on any atom is -0.486 e. The Bertz CT molecular complexity index is 507. The SMILES string of the molecule is O=Nc1ccc2c(c1)C(=O)CC1(CCNCC1)O2. The fourth-order valence-corrected chi connectivity index (χ4v) is 2.70. The Labute approximate surface area is 104 Å². The molecule has 18 heavy (non-hydrogen) atoms. The van der Waals surface area contributed by atoms with Crippen molar-refractivity contribution in [1.82, 2.24) is 5.32 Å². The first-order valence-corrected chi connectivity index (χ1v) is 6.13. The molecule has 3 rings (SSSR count). The zero-order chi connectivity index (χ0) is 12.6. The lowest BCUT2D eigenvalue weighted by molar-refractivity contribution is 0.0188. The summed E-state index contributed by atoms with van der Waals surface area (Å²) in [5.41, 5.74) is 0.397. The predicted octanol–water partition coefficient (Wildman–Crippen LogP) is 2.17. The molecule has 2 aliphatic heterocycles. The van der Waals surface area contributed by atoms with E-state index in [2.05, 4.69) is 10.5 Å². The minimum atomic E-state index is -0.356. The minimum absolute atomic E-state index is 0.0450. The largest absolute Gasteiger partial charge is 0.486 e. The summed E-state index contributed by atoms with van der Waals surface area (Å²) in [5, 5.41) is 6.12. The molecule has 0 bridgehead atoms. The maximum Gasteiger partial charge on any atom is 0.170 e. The third-order valence-corrected chi connectivity index (χ3v) is 3.69. The van der Waals surface area contributed by atoms with Crippen molar-refractivity contribution in [1.29, 1.82) is 0 Å². The van der Waals surface area contributed by atoms with Gasteiger partial charge >= 0.3 is 0 Å². The van der Waals surface area contributed by atoms with Gasteiger partial charge in [-0.3, -0.25) is 4.79 Å². The van der Waals surface area contributed by atoms with E-state index in [0.717, 1.165) is 25.9 Å². The summed E-state index contributed by atoms with van der Waals surface area (Å²) in [7, 11) is 0. The normalized spacial score (nSPS) is 21.2. The lowest BCUT2D eigenvalue weighted by Crippen LogP contribution is -2.49. The average molecular weight is 246 g/mol. The van der Waals surface area contributed by atoms with Gasteiger partial charge in [-0.05, 0) is 36.5 Å². The van der Waals surface area contributed by atoms with Crippen molar-refractivity contribution >= 4 is 11.5 Å². The predicted molar refractivity (Wildman–Crippen MR) is 66.3 cm³/mol. The number of ether oxygens (including phenoxy) is 1. The highest BCUT2D eigenvalue weighted by Gasteiger charge is 2.41. The highest BCUT2D eigenvalue weighted by atomic mass is 16.5. The topological polar surface area (TPSA) is 67.8 Å². The van der Waals surface area contributed by atoms with Gasteiger partial charge in [-0.25, -0.2) is 0 Å². The number of nitroso groups, excluding NO2 is 1. The number of piperidine rings is 1. The van der Waals surface area contributed by atoms with Crippen molar-refractivity contribution in [3.63, 3.8) is 0 Å². The van der Waals surface area contributed by atoms with Crippen molar-refractivity contribution < 1.29 is 9.53 Å². The van der Waals surface area contributed by atoms with Gasteiger partial charge in [-0.15, -0.1) is 4.91 Å². The summed E-state index contributed by atoms with van der Waals surface area (Å²) >= 11 is 0. The van der Waals surface area contributed by atoms with Crippen molar-refractivity contribution in [2.45, 2.75) is 24.9 Å². The molecule has 0 saturated carbocycles. The Morgan fingerprint density at radius 2 is 2.06 bits per heavy atom. The van der Waals surface area contributed by atoms with Crippen LogP contribution in [-0.2, 0) is 0 Å². The van der Waals surface area contributed by atoms with E-state index in [9.17, 15) is 9.70 Å². The van der Waals surface area contributed by atoms with Crippen LogP contribution in [0.4, 0.5) is 5.69 Å². The smallest absolute Gasteiger partial charge is 0.170 e. The molecule has 94 valence electrons. The van der Waals surface area contributed by atoms with Gasteiger partial charge in [0.15, 0.2) is 5.78 Å². The van der Waals surface area contributed by atoms with E-state index < -0.39 is 0 Å². The summed E-state index contributed by atoms with van der Waals surface area (Å²) in [6.45, 7) is 1.74. The number of carbonyl (C=O) groups is 1. The van der Waals surface area contributed by atoms with Crippen LogP contribution in [0, 0.1) is 4.91 Å². The molecule has 0 radical (unpaired) electrons. The summed E-state index contributed by atoms with van der Waals surface area (Å²) in [5.74, 6) is 0.629. The molecule has 0 aromatic heterocycles. The summed E-state index contributed by atoms with van der Waals surface area (Å²) in [6.07, 6.45) is 2.07. The van der Waals surface area contributed by atoms with Crippen LogP contribution < -0.4 is 10.1 Å². The Balaban J connectivity index is 1.97. The van der Waals surface area contributed by atoms with Gasteiger partial charge in [0.1, 0.15) is 17.0 Å². The molecule has 1 N–H and O–H groups in total. The van der Waals surface area contributed by atoms with E-state index in [1.54, 1.807) is 12.1 Å². The quantitative estimate of drug-likeness (QED) is 0.771. The molecule has 1 saturated heterocycles. The fraction of sp³-hybridized carbons (Fsp3) is 0.462. The van der Waals surface area contributed by atoms with Crippen molar-refractivity contribution in [3.05, 3.63) is 28.7 Å². The summed E-state index contributed by atoms with van der Waals surface area (Å²) < 4.78 is 6.03. The second kappa shape index (κ2) is 4.17. The maximum atomic E-state index is 12.2.